The van der Waals surface area contributed by atoms with Crippen LogP contribution in [0.4, 0.5) is 0 Å². The van der Waals surface area contributed by atoms with Crippen molar-refractivity contribution in [1.82, 2.24) is 4.98 Å². The number of aromatic nitrogens is 1. The van der Waals surface area contributed by atoms with Crippen molar-refractivity contribution in [3.8, 4) is 0 Å². The summed E-state index contributed by atoms with van der Waals surface area (Å²) in [5.41, 5.74) is 2.13. The van der Waals surface area contributed by atoms with Gasteiger partial charge < -0.3 is 0 Å². The Hall–Kier alpha value is -1.34. The van der Waals surface area contributed by atoms with E-state index < -0.39 is 0 Å². The SMILES string of the molecule is ClC(c1ccccc1)c1cccnc1. The van der Waals surface area contributed by atoms with Crippen LogP contribution in [0.2, 0.25) is 0 Å². The predicted molar refractivity (Wildman–Crippen MR) is 58.4 cm³/mol. The summed E-state index contributed by atoms with van der Waals surface area (Å²) in [6.45, 7) is 0. The Kier molecular flexibility index (Phi) is 2.80. The van der Waals surface area contributed by atoms with Crippen LogP contribution in [0.3, 0.4) is 0 Å². The first kappa shape index (κ1) is 9.22. The van der Waals surface area contributed by atoms with E-state index in [1.165, 1.54) is 0 Å². The molecule has 1 nitrogen and oxygen atoms in total. The standard InChI is InChI=1S/C12H10ClN/c13-12(10-5-2-1-3-6-10)11-7-4-8-14-9-11/h1-9,12H. The molecule has 0 fully saturated rings. The minimum absolute atomic E-state index is 0.107. The number of rotatable bonds is 2. The van der Waals surface area contributed by atoms with E-state index in [0.29, 0.717) is 0 Å². The normalized spacial score (nSPS) is 12.4. The van der Waals surface area contributed by atoms with Gasteiger partial charge in [-0.25, -0.2) is 0 Å². The van der Waals surface area contributed by atoms with E-state index in [-0.39, 0.29) is 5.38 Å². The molecule has 0 bridgehead atoms. The van der Waals surface area contributed by atoms with Gasteiger partial charge in [0.2, 0.25) is 0 Å². The van der Waals surface area contributed by atoms with E-state index in [1.54, 1.807) is 12.4 Å². The molecular weight excluding hydrogens is 194 g/mol. The fraction of sp³-hybridized carbons (Fsp3) is 0.0833. The third-order valence-electron chi connectivity index (χ3n) is 2.07. The van der Waals surface area contributed by atoms with Crippen molar-refractivity contribution in [2.75, 3.05) is 0 Å². The molecule has 0 aliphatic rings. The van der Waals surface area contributed by atoms with Gasteiger partial charge in [-0.15, -0.1) is 11.6 Å². The Morgan fingerprint density at radius 3 is 2.29 bits per heavy atom. The number of hydrogen-bond donors (Lipinski definition) is 0. The molecule has 0 saturated heterocycles. The van der Waals surface area contributed by atoms with Crippen LogP contribution in [0.15, 0.2) is 54.9 Å². The zero-order valence-corrected chi connectivity index (χ0v) is 8.35. The van der Waals surface area contributed by atoms with E-state index in [4.69, 9.17) is 11.6 Å². The van der Waals surface area contributed by atoms with Crippen molar-refractivity contribution >= 4 is 11.6 Å². The molecule has 0 amide bonds. The quantitative estimate of drug-likeness (QED) is 0.682. The maximum Gasteiger partial charge on any atom is 0.0850 e. The highest BCUT2D eigenvalue weighted by Gasteiger charge is 2.08. The molecular formula is C12H10ClN. The third kappa shape index (κ3) is 1.94. The van der Waals surface area contributed by atoms with E-state index in [2.05, 4.69) is 4.98 Å². The van der Waals surface area contributed by atoms with Crippen LogP contribution in [0.5, 0.6) is 0 Å². The number of hydrogen-bond acceptors (Lipinski definition) is 1. The lowest BCUT2D eigenvalue weighted by Gasteiger charge is -2.08. The monoisotopic (exact) mass is 203 g/mol. The fourth-order valence-electron chi connectivity index (χ4n) is 1.34. The van der Waals surface area contributed by atoms with E-state index in [0.717, 1.165) is 11.1 Å². The van der Waals surface area contributed by atoms with Gasteiger partial charge in [0.05, 0.1) is 5.38 Å². The topological polar surface area (TPSA) is 12.9 Å². The Labute approximate surface area is 88.4 Å². The van der Waals surface area contributed by atoms with Crippen molar-refractivity contribution in [3.63, 3.8) is 0 Å². The molecule has 1 atom stereocenters. The summed E-state index contributed by atoms with van der Waals surface area (Å²) >= 11 is 6.29. The second-order valence-corrected chi connectivity index (χ2v) is 3.50. The van der Waals surface area contributed by atoms with Crippen LogP contribution < -0.4 is 0 Å². The van der Waals surface area contributed by atoms with Crippen molar-refractivity contribution in [1.29, 1.82) is 0 Å². The maximum absolute atomic E-state index is 6.29. The molecule has 1 aromatic heterocycles. The zero-order valence-electron chi connectivity index (χ0n) is 7.60. The minimum atomic E-state index is -0.107. The van der Waals surface area contributed by atoms with Crippen molar-refractivity contribution in [2.24, 2.45) is 0 Å². The van der Waals surface area contributed by atoms with Gasteiger partial charge in [-0.1, -0.05) is 36.4 Å². The first-order valence-electron chi connectivity index (χ1n) is 4.47. The molecule has 0 radical (unpaired) electrons. The molecule has 2 rings (SSSR count). The molecule has 0 aliphatic heterocycles. The Bertz CT molecular complexity index is 346. The van der Waals surface area contributed by atoms with Gasteiger partial charge in [0, 0.05) is 12.4 Å². The number of halogens is 1. The number of alkyl halides is 1. The lowest BCUT2D eigenvalue weighted by atomic mass is 10.1. The Morgan fingerprint density at radius 2 is 1.64 bits per heavy atom. The summed E-state index contributed by atoms with van der Waals surface area (Å²) in [6.07, 6.45) is 3.54. The smallest absolute Gasteiger partial charge is 0.0850 e. The fourth-order valence-corrected chi connectivity index (χ4v) is 1.61. The number of nitrogens with zero attached hydrogens (tertiary/aromatic N) is 1. The van der Waals surface area contributed by atoms with Crippen molar-refractivity contribution < 1.29 is 0 Å². The highest BCUT2D eigenvalue weighted by molar-refractivity contribution is 6.22. The van der Waals surface area contributed by atoms with Gasteiger partial charge in [-0.05, 0) is 17.2 Å². The van der Waals surface area contributed by atoms with Gasteiger partial charge in [-0.2, -0.15) is 0 Å². The van der Waals surface area contributed by atoms with Crippen molar-refractivity contribution in [2.45, 2.75) is 5.38 Å². The lowest BCUT2D eigenvalue weighted by molar-refractivity contribution is 1.11. The largest absolute Gasteiger partial charge is 0.264 e. The summed E-state index contributed by atoms with van der Waals surface area (Å²) in [4.78, 5) is 4.05. The van der Waals surface area contributed by atoms with Gasteiger partial charge in [0.25, 0.3) is 0 Å². The Balaban J connectivity index is 2.30. The van der Waals surface area contributed by atoms with Crippen LogP contribution in [0.1, 0.15) is 16.5 Å². The summed E-state index contributed by atoms with van der Waals surface area (Å²) in [7, 11) is 0. The molecule has 0 aliphatic carbocycles. The van der Waals surface area contributed by atoms with E-state index in [9.17, 15) is 0 Å². The number of benzene rings is 1. The average molecular weight is 204 g/mol. The maximum atomic E-state index is 6.29. The molecule has 1 heterocycles. The highest BCUT2D eigenvalue weighted by atomic mass is 35.5. The van der Waals surface area contributed by atoms with Crippen LogP contribution in [0, 0.1) is 0 Å². The zero-order chi connectivity index (χ0) is 9.80. The molecule has 2 aromatic rings. The van der Waals surface area contributed by atoms with Crippen LogP contribution in [-0.2, 0) is 0 Å². The molecule has 14 heavy (non-hydrogen) atoms. The van der Waals surface area contributed by atoms with Gasteiger partial charge in [-0.3, -0.25) is 4.98 Å². The van der Waals surface area contributed by atoms with Crippen LogP contribution in [-0.4, -0.2) is 4.98 Å². The molecule has 0 spiro atoms. The summed E-state index contributed by atoms with van der Waals surface area (Å²) in [5, 5.41) is -0.107. The first-order valence-corrected chi connectivity index (χ1v) is 4.90. The average Bonchev–Trinajstić information content (AvgIpc) is 2.30. The number of pyridine rings is 1. The second-order valence-electron chi connectivity index (χ2n) is 3.06. The molecule has 0 saturated carbocycles. The van der Waals surface area contributed by atoms with E-state index in [1.807, 2.05) is 42.5 Å². The molecule has 2 heteroatoms. The van der Waals surface area contributed by atoms with Gasteiger partial charge in [0.15, 0.2) is 0 Å². The lowest BCUT2D eigenvalue weighted by Crippen LogP contribution is -1.92. The summed E-state index contributed by atoms with van der Waals surface area (Å²) in [5.74, 6) is 0. The molecule has 70 valence electrons. The van der Waals surface area contributed by atoms with Gasteiger partial charge >= 0.3 is 0 Å². The molecule has 0 N–H and O–H groups in total. The van der Waals surface area contributed by atoms with Crippen molar-refractivity contribution in [3.05, 3.63) is 66.0 Å². The summed E-state index contributed by atoms with van der Waals surface area (Å²) in [6, 6.07) is 13.9. The first-order chi connectivity index (χ1) is 6.88. The highest BCUT2D eigenvalue weighted by Crippen LogP contribution is 2.27. The predicted octanol–water partition coefficient (Wildman–Crippen LogP) is 3.41. The second kappa shape index (κ2) is 4.25. The van der Waals surface area contributed by atoms with Crippen LogP contribution in [0.25, 0.3) is 0 Å². The minimum Gasteiger partial charge on any atom is -0.264 e. The van der Waals surface area contributed by atoms with E-state index >= 15 is 0 Å². The third-order valence-corrected chi connectivity index (χ3v) is 2.57. The summed E-state index contributed by atoms with van der Waals surface area (Å²) < 4.78 is 0. The molecule has 1 unspecified atom stereocenters. The Morgan fingerprint density at radius 1 is 0.929 bits per heavy atom. The van der Waals surface area contributed by atoms with Crippen LogP contribution >= 0.6 is 11.6 Å². The van der Waals surface area contributed by atoms with Gasteiger partial charge in [0.1, 0.15) is 0 Å². The molecule has 1 aromatic carbocycles.